The maximum absolute atomic E-state index is 9.81. The molecule has 2 rings (SSSR count). The van der Waals surface area contributed by atoms with Crippen LogP contribution in [0.4, 0.5) is 0 Å². The van der Waals surface area contributed by atoms with E-state index in [2.05, 4.69) is 24.1 Å². The number of aliphatic hydroxyl groups is 1. The number of halogens is 1. The van der Waals surface area contributed by atoms with Crippen LogP contribution >= 0.6 is 12.4 Å². The topological polar surface area (TPSA) is 65.0 Å². The molecule has 1 saturated heterocycles. The van der Waals surface area contributed by atoms with Crippen molar-refractivity contribution in [2.75, 3.05) is 39.9 Å². The van der Waals surface area contributed by atoms with Gasteiger partial charge in [0.2, 0.25) is 0 Å². The Kier molecular flexibility index (Phi) is 6.94. The molecular weight excluding hydrogens is 304 g/mol. The number of nitrogens with one attached hydrogen (secondary N) is 1. The number of hydrogen-bond acceptors (Lipinski definition) is 5. The second kappa shape index (κ2) is 8.02. The molecule has 1 fully saturated rings. The first-order chi connectivity index (χ1) is 9.99. The number of nitrogens with zero attached hydrogens (tertiary/aromatic N) is 1. The number of hydrogen-bond donors (Lipinski definition) is 3. The van der Waals surface area contributed by atoms with Crippen LogP contribution in [0.2, 0.25) is 0 Å². The van der Waals surface area contributed by atoms with Crippen LogP contribution in [0.15, 0.2) is 18.2 Å². The van der Waals surface area contributed by atoms with Crippen molar-refractivity contribution < 1.29 is 14.9 Å². The van der Waals surface area contributed by atoms with E-state index in [1.165, 1.54) is 0 Å². The predicted molar refractivity (Wildman–Crippen MR) is 90.0 cm³/mol. The molecule has 1 aromatic carbocycles. The molecule has 126 valence electrons. The number of aliphatic hydroxyl groups excluding tert-OH is 1. The molecule has 0 spiro atoms. The fourth-order valence-electron chi connectivity index (χ4n) is 3.05. The first-order valence-corrected chi connectivity index (χ1v) is 7.42. The largest absolute Gasteiger partial charge is 0.504 e. The van der Waals surface area contributed by atoms with E-state index in [0.29, 0.717) is 5.75 Å². The molecule has 1 heterocycles. The highest BCUT2D eigenvalue weighted by Crippen LogP contribution is 2.40. The second-order valence-corrected chi connectivity index (χ2v) is 6.27. The number of rotatable bonds is 5. The third-order valence-electron chi connectivity index (χ3n) is 4.18. The van der Waals surface area contributed by atoms with Gasteiger partial charge in [0, 0.05) is 44.2 Å². The Labute approximate surface area is 138 Å². The van der Waals surface area contributed by atoms with Crippen molar-refractivity contribution in [2.24, 2.45) is 5.41 Å². The average Bonchev–Trinajstić information content (AvgIpc) is 2.50. The summed E-state index contributed by atoms with van der Waals surface area (Å²) in [5.74, 6) is 0.614. The monoisotopic (exact) mass is 330 g/mol. The third-order valence-corrected chi connectivity index (χ3v) is 4.18. The average molecular weight is 331 g/mol. The highest BCUT2D eigenvalue weighted by atomic mass is 35.5. The quantitative estimate of drug-likeness (QED) is 0.768. The number of benzene rings is 1. The zero-order valence-corrected chi connectivity index (χ0v) is 14.3. The van der Waals surface area contributed by atoms with Crippen molar-refractivity contribution in [2.45, 2.75) is 19.9 Å². The number of methoxy groups -OCH3 is 1. The molecule has 0 saturated carbocycles. The maximum atomic E-state index is 9.81. The van der Waals surface area contributed by atoms with Gasteiger partial charge in [-0.1, -0.05) is 19.9 Å². The molecule has 6 heteroatoms. The first kappa shape index (κ1) is 19.0. The fraction of sp³-hybridized carbons (Fsp3) is 0.625. The highest BCUT2D eigenvalue weighted by molar-refractivity contribution is 5.85. The van der Waals surface area contributed by atoms with Gasteiger partial charge in [0.25, 0.3) is 0 Å². The minimum atomic E-state index is -0.278. The first-order valence-electron chi connectivity index (χ1n) is 7.42. The molecule has 0 unspecified atom stereocenters. The lowest BCUT2D eigenvalue weighted by Gasteiger charge is -2.43. The Balaban J connectivity index is 0.00000242. The van der Waals surface area contributed by atoms with E-state index >= 15 is 0 Å². The minimum Gasteiger partial charge on any atom is -0.504 e. The summed E-state index contributed by atoms with van der Waals surface area (Å²) in [5.41, 5.74) is 0.782. The van der Waals surface area contributed by atoms with Crippen LogP contribution in [-0.2, 0) is 0 Å². The molecule has 0 bridgehead atoms. The number of aromatic hydroxyl groups is 1. The number of ether oxygens (including phenoxy) is 1. The van der Waals surface area contributed by atoms with E-state index in [0.717, 1.165) is 31.7 Å². The van der Waals surface area contributed by atoms with Gasteiger partial charge in [-0.2, -0.15) is 0 Å². The molecule has 0 aliphatic carbocycles. The Bertz CT molecular complexity index is 476. The SMILES string of the molecule is COc1cc([C@@H](N2CCNCC2)C(C)(C)CO)ccc1O.Cl. The van der Waals surface area contributed by atoms with Crippen LogP contribution < -0.4 is 10.1 Å². The summed E-state index contributed by atoms with van der Waals surface area (Å²) in [6.07, 6.45) is 0. The molecule has 0 amide bonds. The fourth-order valence-corrected chi connectivity index (χ4v) is 3.05. The van der Waals surface area contributed by atoms with Gasteiger partial charge >= 0.3 is 0 Å². The normalized spacial score (nSPS) is 17.6. The van der Waals surface area contributed by atoms with Crippen molar-refractivity contribution in [3.8, 4) is 11.5 Å². The summed E-state index contributed by atoms with van der Waals surface area (Å²) in [6, 6.07) is 5.54. The lowest BCUT2D eigenvalue weighted by molar-refractivity contribution is 0.0304. The van der Waals surface area contributed by atoms with Crippen LogP contribution in [0.5, 0.6) is 11.5 Å². The highest BCUT2D eigenvalue weighted by Gasteiger charge is 2.35. The molecule has 1 aliphatic heterocycles. The summed E-state index contributed by atoms with van der Waals surface area (Å²) in [5, 5.41) is 23.0. The Morgan fingerprint density at radius 3 is 2.50 bits per heavy atom. The molecule has 0 aromatic heterocycles. The maximum Gasteiger partial charge on any atom is 0.160 e. The number of phenols is 1. The van der Waals surface area contributed by atoms with E-state index in [4.69, 9.17) is 4.74 Å². The predicted octanol–water partition coefficient (Wildman–Crippen LogP) is 1.79. The van der Waals surface area contributed by atoms with Gasteiger partial charge in [0.1, 0.15) is 0 Å². The van der Waals surface area contributed by atoms with Crippen molar-refractivity contribution in [1.29, 1.82) is 0 Å². The van der Waals surface area contributed by atoms with E-state index < -0.39 is 0 Å². The molecule has 22 heavy (non-hydrogen) atoms. The standard InChI is InChI=1S/C16H26N2O3.ClH/c1-16(2,11-19)15(18-8-6-17-7-9-18)12-4-5-13(20)14(10-12)21-3;/h4-5,10,15,17,19-20H,6-9,11H2,1-3H3;1H/t15-;/m1./s1. The van der Waals surface area contributed by atoms with Gasteiger partial charge in [0.05, 0.1) is 7.11 Å². The van der Waals surface area contributed by atoms with E-state index in [9.17, 15) is 10.2 Å². The van der Waals surface area contributed by atoms with Crippen molar-refractivity contribution in [3.63, 3.8) is 0 Å². The summed E-state index contributed by atoms with van der Waals surface area (Å²) >= 11 is 0. The minimum absolute atomic E-state index is 0. The summed E-state index contributed by atoms with van der Waals surface area (Å²) in [4.78, 5) is 2.39. The number of phenolic OH excluding ortho intramolecular Hbond substituents is 1. The molecule has 1 aromatic rings. The van der Waals surface area contributed by atoms with E-state index in [1.54, 1.807) is 13.2 Å². The van der Waals surface area contributed by atoms with Gasteiger partial charge < -0.3 is 20.3 Å². The van der Waals surface area contributed by atoms with E-state index in [1.807, 2.05) is 12.1 Å². The Morgan fingerprint density at radius 1 is 1.32 bits per heavy atom. The van der Waals surface area contributed by atoms with Gasteiger partial charge in [-0.05, 0) is 17.7 Å². The van der Waals surface area contributed by atoms with Crippen molar-refractivity contribution in [3.05, 3.63) is 23.8 Å². The molecule has 5 nitrogen and oxygen atoms in total. The van der Waals surface area contributed by atoms with Gasteiger partial charge in [-0.25, -0.2) is 0 Å². The molecule has 3 N–H and O–H groups in total. The Morgan fingerprint density at radius 2 is 1.95 bits per heavy atom. The van der Waals surface area contributed by atoms with Crippen LogP contribution in [0.25, 0.3) is 0 Å². The Hall–Kier alpha value is -1.01. The lowest BCUT2D eigenvalue weighted by Crippen LogP contribution is -2.49. The zero-order chi connectivity index (χ0) is 15.5. The van der Waals surface area contributed by atoms with Crippen LogP contribution in [-0.4, -0.2) is 55.0 Å². The number of piperazine rings is 1. The molecular formula is C16H27ClN2O3. The second-order valence-electron chi connectivity index (χ2n) is 6.27. The zero-order valence-electron chi connectivity index (χ0n) is 13.5. The molecule has 1 atom stereocenters. The van der Waals surface area contributed by atoms with Crippen LogP contribution in [0, 0.1) is 5.41 Å². The van der Waals surface area contributed by atoms with Crippen molar-refractivity contribution >= 4 is 12.4 Å². The smallest absolute Gasteiger partial charge is 0.160 e. The third kappa shape index (κ3) is 4.04. The van der Waals surface area contributed by atoms with Crippen LogP contribution in [0.1, 0.15) is 25.5 Å². The summed E-state index contributed by atoms with van der Waals surface area (Å²) in [7, 11) is 1.55. The van der Waals surface area contributed by atoms with Gasteiger partial charge in [-0.15, -0.1) is 12.4 Å². The van der Waals surface area contributed by atoms with Gasteiger partial charge in [0.15, 0.2) is 11.5 Å². The summed E-state index contributed by atoms with van der Waals surface area (Å²) in [6.45, 7) is 8.03. The van der Waals surface area contributed by atoms with Crippen LogP contribution in [0.3, 0.4) is 0 Å². The summed E-state index contributed by atoms with van der Waals surface area (Å²) < 4.78 is 5.23. The molecule has 1 aliphatic rings. The lowest BCUT2D eigenvalue weighted by atomic mass is 9.79. The van der Waals surface area contributed by atoms with Crippen molar-refractivity contribution in [1.82, 2.24) is 10.2 Å². The molecule has 0 radical (unpaired) electrons. The van der Waals surface area contributed by atoms with Gasteiger partial charge in [-0.3, -0.25) is 4.90 Å². The van der Waals surface area contributed by atoms with E-state index in [-0.39, 0.29) is 36.2 Å².